The number of benzene rings is 1. The second kappa shape index (κ2) is 6.63. The predicted octanol–water partition coefficient (Wildman–Crippen LogP) is 2.64. The van der Waals surface area contributed by atoms with Crippen LogP contribution in [0, 0.1) is 6.92 Å². The first-order valence-electron chi connectivity index (χ1n) is 7.10. The summed E-state index contributed by atoms with van der Waals surface area (Å²) < 4.78 is 10.8. The number of rotatable bonds is 6. The Morgan fingerprint density at radius 1 is 1.48 bits per heavy atom. The molecule has 0 fully saturated rings. The van der Waals surface area contributed by atoms with Gasteiger partial charge in [-0.25, -0.2) is 0 Å². The van der Waals surface area contributed by atoms with Crippen LogP contribution in [0.25, 0.3) is 11.0 Å². The highest BCUT2D eigenvalue weighted by atomic mass is 16.5. The monoisotopic (exact) mass is 291 g/mol. The molecule has 1 atom stereocenters. The second-order valence-electron chi connectivity index (χ2n) is 5.00. The molecule has 5 heteroatoms. The fourth-order valence-corrected chi connectivity index (χ4v) is 2.25. The molecule has 1 heterocycles. The van der Waals surface area contributed by atoms with Gasteiger partial charge in [0.25, 0.3) is 5.91 Å². The van der Waals surface area contributed by atoms with Crippen LogP contribution in [-0.2, 0) is 0 Å². The summed E-state index contributed by atoms with van der Waals surface area (Å²) in [5, 5.41) is 13.1. The van der Waals surface area contributed by atoms with Gasteiger partial charge < -0.3 is 19.6 Å². The zero-order chi connectivity index (χ0) is 15.4. The molecule has 0 spiro atoms. The zero-order valence-electron chi connectivity index (χ0n) is 12.6. The van der Waals surface area contributed by atoms with Crippen molar-refractivity contribution in [3.63, 3.8) is 0 Å². The van der Waals surface area contributed by atoms with Crippen LogP contribution in [0.15, 0.2) is 22.6 Å². The van der Waals surface area contributed by atoms with Gasteiger partial charge in [0.1, 0.15) is 17.1 Å². The van der Waals surface area contributed by atoms with Crippen LogP contribution in [0.5, 0.6) is 5.75 Å². The minimum absolute atomic E-state index is 0.192. The Kier molecular flexibility index (Phi) is 4.85. The van der Waals surface area contributed by atoms with Crippen molar-refractivity contribution in [2.45, 2.75) is 32.8 Å². The lowest BCUT2D eigenvalue weighted by Crippen LogP contribution is -2.27. The summed E-state index contributed by atoms with van der Waals surface area (Å²) in [4.78, 5) is 12.3. The fourth-order valence-electron chi connectivity index (χ4n) is 2.25. The number of hydrogen-bond acceptors (Lipinski definition) is 4. The molecule has 0 saturated carbocycles. The number of hydrogen-bond donors (Lipinski definition) is 2. The lowest BCUT2D eigenvalue weighted by molar-refractivity contribution is 0.0942. The number of methoxy groups -OCH3 is 1. The zero-order valence-corrected chi connectivity index (χ0v) is 12.6. The van der Waals surface area contributed by atoms with E-state index in [1.807, 2.05) is 6.92 Å². The molecule has 1 unspecified atom stereocenters. The van der Waals surface area contributed by atoms with E-state index in [1.165, 1.54) is 0 Å². The number of furan rings is 1. The van der Waals surface area contributed by atoms with Gasteiger partial charge in [-0.3, -0.25) is 4.79 Å². The topological polar surface area (TPSA) is 71.7 Å². The van der Waals surface area contributed by atoms with E-state index in [-0.39, 0.29) is 12.0 Å². The van der Waals surface area contributed by atoms with Crippen molar-refractivity contribution in [3.05, 3.63) is 29.5 Å². The molecule has 0 aliphatic rings. The number of fused-ring (bicyclic) bond motifs is 1. The number of carbonyl (C=O) groups is 1. The van der Waals surface area contributed by atoms with Crippen LogP contribution >= 0.6 is 0 Å². The highest BCUT2D eigenvalue weighted by Gasteiger charge is 2.18. The highest BCUT2D eigenvalue weighted by molar-refractivity contribution is 6.07. The quantitative estimate of drug-likeness (QED) is 0.858. The summed E-state index contributed by atoms with van der Waals surface area (Å²) in [5.41, 5.74) is 1.18. The summed E-state index contributed by atoms with van der Waals surface area (Å²) in [6.45, 7) is 4.11. The molecule has 0 aliphatic heterocycles. The average molecular weight is 291 g/mol. The van der Waals surface area contributed by atoms with E-state index in [4.69, 9.17) is 9.15 Å². The molecular formula is C16H21NO4. The van der Waals surface area contributed by atoms with E-state index in [2.05, 4.69) is 5.32 Å². The first-order chi connectivity index (χ1) is 10.1. The molecule has 21 heavy (non-hydrogen) atoms. The molecule has 114 valence electrons. The van der Waals surface area contributed by atoms with Crippen LogP contribution < -0.4 is 10.1 Å². The lowest BCUT2D eigenvalue weighted by atomic mass is 10.1. The largest absolute Gasteiger partial charge is 0.497 e. The number of ether oxygens (including phenoxy) is 1. The third-order valence-corrected chi connectivity index (χ3v) is 3.53. The van der Waals surface area contributed by atoms with Gasteiger partial charge in [-0.15, -0.1) is 0 Å². The van der Waals surface area contributed by atoms with Crippen molar-refractivity contribution in [3.8, 4) is 5.75 Å². The van der Waals surface area contributed by atoms with Crippen molar-refractivity contribution in [1.82, 2.24) is 5.32 Å². The molecule has 0 radical (unpaired) electrons. The Bertz CT molecular complexity index is 632. The van der Waals surface area contributed by atoms with E-state index in [1.54, 1.807) is 32.2 Å². The van der Waals surface area contributed by atoms with Crippen LogP contribution in [0.4, 0.5) is 0 Å². The smallest absolute Gasteiger partial charge is 0.255 e. The predicted molar refractivity (Wildman–Crippen MR) is 80.8 cm³/mol. The number of aryl methyl sites for hydroxylation is 1. The van der Waals surface area contributed by atoms with Crippen LogP contribution in [0.2, 0.25) is 0 Å². The molecule has 5 nitrogen and oxygen atoms in total. The number of aliphatic hydroxyl groups excluding tert-OH is 1. The van der Waals surface area contributed by atoms with Gasteiger partial charge in [-0.1, -0.05) is 6.92 Å². The van der Waals surface area contributed by atoms with Crippen molar-refractivity contribution in [2.24, 2.45) is 0 Å². The molecule has 0 aliphatic carbocycles. The molecule has 2 aromatic rings. The number of amides is 1. The summed E-state index contributed by atoms with van der Waals surface area (Å²) in [7, 11) is 1.58. The van der Waals surface area contributed by atoms with Crippen LogP contribution in [0.1, 0.15) is 35.9 Å². The van der Waals surface area contributed by atoms with Gasteiger partial charge >= 0.3 is 0 Å². The van der Waals surface area contributed by atoms with Crippen molar-refractivity contribution < 1.29 is 19.1 Å². The normalized spacial score (nSPS) is 12.4. The Balaban J connectivity index is 2.20. The van der Waals surface area contributed by atoms with Gasteiger partial charge in [-0.2, -0.15) is 0 Å². The van der Waals surface area contributed by atoms with E-state index in [0.717, 1.165) is 5.39 Å². The summed E-state index contributed by atoms with van der Waals surface area (Å²) in [5.74, 6) is 1.06. The maximum absolute atomic E-state index is 12.3. The standard InChI is InChI=1S/C16H21NO4/c1-4-11(18)7-8-17-16(19)15-10(2)21-14-6-5-12(20-3)9-13(14)15/h5-6,9,11,18H,4,7-8H2,1-3H3,(H,17,19). The van der Waals surface area contributed by atoms with Gasteiger partial charge in [0.05, 0.1) is 18.8 Å². The molecule has 0 saturated heterocycles. The third kappa shape index (κ3) is 3.36. The average Bonchev–Trinajstić information content (AvgIpc) is 2.81. The van der Waals surface area contributed by atoms with E-state index in [9.17, 15) is 9.90 Å². The number of aliphatic hydroxyl groups is 1. The molecule has 1 aromatic carbocycles. The number of nitrogens with one attached hydrogen (secondary N) is 1. The lowest BCUT2D eigenvalue weighted by Gasteiger charge is -2.08. The van der Waals surface area contributed by atoms with Gasteiger partial charge in [0, 0.05) is 11.9 Å². The Morgan fingerprint density at radius 3 is 2.90 bits per heavy atom. The van der Waals surface area contributed by atoms with E-state index >= 15 is 0 Å². The Morgan fingerprint density at radius 2 is 2.24 bits per heavy atom. The SMILES string of the molecule is CCC(O)CCNC(=O)c1c(C)oc2ccc(OC)cc12. The van der Waals surface area contributed by atoms with Gasteiger partial charge in [-0.05, 0) is 38.0 Å². The minimum Gasteiger partial charge on any atom is -0.497 e. The maximum Gasteiger partial charge on any atom is 0.255 e. The summed E-state index contributed by atoms with van der Waals surface area (Å²) in [6.07, 6.45) is 0.841. The molecule has 2 rings (SSSR count). The van der Waals surface area contributed by atoms with Crippen molar-refractivity contribution in [1.29, 1.82) is 0 Å². The third-order valence-electron chi connectivity index (χ3n) is 3.53. The molecule has 0 bridgehead atoms. The molecule has 1 amide bonds. The molecule has 2 N–H and O–H groups in total. The first-order valence-corrected chi connectivity index (χ1v) is 7.10. The van der Waals surface area contributed by atoms with Crippen LogP contribution in [0.3, 0.4) is 0 Å². The minimum atomic E-state index is -0.382. The Labute approximate surface area is 123 Å². The van der Waals surface area contributed by atoms with E-state index in [0.29, 0.717) is 42.0 Å². The fraction of sp³-hybridized carbons (Fsp3) is 0.438. The Hall–Kier alpha value is -2.01. The van der Waals surface area contributed by atoms with Gasteiger partial charge in [0.15, 0.2) is 0 Å². The van der Waals surface area contributed by atoms with E-state index < -0.39 is 0 Å². The highest BCUT2D eigenvalue weighted by Crippen LogP contribution is 2.28. The van der Waals surface area contributed by atoms with Gasteiger partial charge in [0.2, 0.25) is 0 Å². The first kappa shape index (κ1) is 15.4. The van der Waals surface area contributed by atoms with Crippen LogP contribution in [-0.4, -0.2) is 30.8 Å². The maximum atomic E-state index is 12.3. The summed E-state index contributed by atoms with van der Waals surface area (Å²) in [6, 6.07) is 5.38. The number of carbonyl (C=O) groups excluding carboxylic acids is 1. The summed E-state index contributed by atoms with van der Waals surface area (Å²) >= 11 is 0. The van der Waals surface area contributed by atoms with Crippen molar-refractivity contribution >= 4 is 16.9 Å². The van der Waals surface area contributed by atoms with Crippen molar-refractivity contribution in [2.75, 3.05) is 13.7 Å². The second-order valence-corrected chi connectivity index (χ2v) is 5.00. The molecular weight excluding hydrogens is 270 g/mol. The molecule has 1 aromatic heterocycles.